The van der Waals surface area contributed by atoms with Crippen LogP contribution in [-0.2, 0) is 9.59 Å². The fourth-order valence-electron chi connectivity index (χ4n) is 2.17. The molecule has 1 heterocycles. The Bertz CT molecular complexity index is 554. The number of benzene rings is 1. The molecule has 1 aromatic rings. The van der Waals surface area contributed by atoms with Gasteiger partial charge in [0.05, 0.1) is 5.69 Å². The van der Waals surface area contributed by atoms with Crippen LogP contribution in [0, 0.1) is 0 Å². The minimum atomic E-state index is -0.114. The first-order valence-electron chi connectivity index (χ1n) is 7.13. The van der Waals surface area contributed by atoms with Gasteiger partial charge >= 0.3 is 0 Å². The summed E-state index contributed by atoms with van der Waals surface area (Å²) in [6, 6.07) is 5.32. The zero-order chi connectivity index (χ0) is 15.2. The highest BCUT2D eigenvalue weighted by Crippen LogP contribution is 2.34. The van der Waals surface area contributed by atoms with Crippen LogP contribution >= 0.6 is 0 Å². The predicted molar refractivity (Wildman–Crippen MR) is 82.6 cm³/mol. The van der Waals surface area contributed by atoms with Gasteiger partial charge in [0, 0.05) is 18.7 Å². The zero-order valence-electron chi connectivity index (χ0n) is 12.2. The van der Waals surface area contributed by atoms with Gasteiger partial charge in [-0.25, -0.2) is 0 Å². The van der Waals surface area contributed by atoms with Gasteiger partial charge in [-0.2, -0.15) is 0 Å². The number of rotatable bonds is 6. The van der Waals surface area contributed by atoms with Gasteiger partial charge < -0.3 is 15.0 Å². The van der Waals surface area contributed by atoms with E-state index in [1.54, 1.807) is 29.2 Å². The van der Waals surface area contributed by atoms with Crippen molar-refractivity contribution in [2.75, 3.05) is 23.4 Å². The van der Waals surface area contributed by atoms with Crippen molar-refractivity contribution >= 4 is 23.2 Å². The van der Waals surface area contributed by atoms with E-state index in [2.05, 4.69) is 11.9 Å². The van der Waals surface area contributed by atoms with Gasteiger partial charge in [0.1, 0.15) is 5.75 Å². The lowest BCUT2D eigenvalue weighted by molar-refractivity contribution is -0.121. The maximum atomic E-state index is 11.9. The minimum Gasteiger partial charge on any atom is -0.482 e. The van der Waals surface area contributed by atoms with Crippen LogP contribution in [0.4, 0.5) is 11.4 Å². The zero-order valence-corrected chi connectivity index (χ0v) is 12.2. The molecular weight excluding hydrogens is 268 g/mol. The van der Waals surface area contributed by atoms with E-state index >= 15 is 0 Å². The van der Waals surface area contributed by atoms with Gasteiger partial charge in [0.2, 0.25) is 5.91 Å². The number of hydrogen-bond donors (Lipinski definition) is 1. The molecule has 0 saturated carbocycles. The summed E-state index contributed by atoms with van der Waals surface area (Å²) >= 11 is 0. The number of amides is 2. The molecular formula is C16H20N2O3. The molecule has 21 heavy (non-hydrogen) atoms. The van der Waals surface area contributed by atoms with Crippen LogP contribution in [0.5, 0.6) is 5.75 Å². The smallest absolute Gasteiger partial charge is 0.265 e. The van der Waals surface area contributed by atoms with E-state index in [-0.39, 0.29) is 18.4 Å². The third-order valence-corrected chi connectivity index (χ3v) is 3.25. The molecule has 5 nitrogen and oxygen atoms in total. The Labute approximate surface area is 124 Å². The van der Waals surface area contributed by atoms with Crippen LogP contribution in [0.25, 0.3) is 0 Å². The van der Waals surface area contributed by atoms with Crippen LogP contribution in [0.15, 0.2) is 30.9 Å². The summed E-state index contributed by atoms with van der Waals surface area (Å²) in [5.41, 5.74) is 1.33. The standard InChI is InChI=1S/C16H20N2O3/c1-3-5-6-15(19)17-12-7-8-14-13(10-12)18(9-4-2)16(20)11-21-14/h4,7-8,10H,2-3,5-6,9,11H2,1H3,(H,17,19). The Morgan fingerprint density at radius 3 is 3.05 bits per heavy atom. The van der Waals surface area contributed by atoms with E-state index in [0.29, 0.717) is 30.1 Å². The van der Waals surface area contributed by atoms with Gasteiger partial charge in [-0.1, -0.05) is 19.4 Å². The highest BCUT2D eigenvalue weighted by atomic mass is 16.5. The number of fused-ring (bicyclic) bond motifs is 1. The number of anilines is 2. The third kappa shape index (κ3) is 3.62. The van der Waals surface area contributed by atoms with Crippen molar-refractivity contribution in [2.45, 2.75) is 26.2 Å². The van der Waals surface area contributed by atoms with Gasteiger partial charge in [0.15, 0.2) is 6.61 Å². The molecule has 1 aliphatic rings. The van der Waals surface area contributed by atoms with Crippen molar-refractivity contribution in [1.29, 1.82) is 0 Å². The van der Waals surface area contributed by atoms with Crippen molar-refractivity contribution in [2.24, 2.45) is 0 Å². The first-order valence-corrected chi connectivity index (χ1v) is 7.13. The molecule has 1 aromatic carbocycles. The Morgan fingerprint density at radius 1 is 1.52 bits per heavy atom. The lowest BCUT2D eigenvalue weighted by Gasteiger charge is -2.28. The van der Waals surface area contributed by atoms with Crippen molar-refractivity contribution in [3.05, 3.63) is 30.9 Å². The molecule has 0 unspecified atom stereocenters. The first kappa shape index (κ1) is 15.1. The number of nitrogens with one attached hydrogen (secondary N) is 1. The lowest BCUT2D eigenvalue weighted by Crippen LogP contribution is -2.38. The van der Waals surface area contributed by atoms with E-state index in [9.17, 15) is 9.59 Å². The molecule has 2 amide bonds. The van der Waals surface area contributed by atoms with E-state index in [1.165, 1.54) is 0 Å². The number of unbranched alkanes of at least 4 members (excludes halogenated alkanes) is 1. The van der Waals surface area contributed by atoms with Crippen LogP contribution in [0.1, 0.15) is 26.2 Å². The van der Waals surface area contributed by atoms with Crippen LogP contribution in [0.3, 0.4) is 0 Å². The Balaban J connectivity index is 2.18. The summed E-state index contributed by atoms with van der Waals surface area (Å²) in [5, 5.41) is 2.85. The van der Waals surface area contributed by atoms with Crippen LogP contribution < -0.4 is 15.0 Å². The first-order chi connectivity index (χ1) is 10.2. The topological polar surface area (TPSA) is 58.6 Å². The van der Waals surface area contributed by atoms with Crippen LogP contribution in [-0.4, -0.2) is 25.0 Å². The highest BCUT2D eigenvalue weighted by Gasteiger charge is 2.24. The fraction of sp³-hybridized carbons (Fsp3) is 0.375. The monoisotopic (exact) mass is 288 g/mol. The number of carbonyl (C=O) groups is 2. The summed E-state index contributed by atoms with van der Waals surface area (Å²) in [5.74, 6) is 0.509. The molecule has 0 radical (unpaired) electrons. The molecule has 112 valence electrons. The molecule has 0 aromatic heterocycles. The Morgan fingerprint density at radius 2 is 2.33 bits per heavy atom. The number of ether oxygens (including phenoxy) is 1. The quantitative estimate of drug-likeness (QED) is 0.819. The molecule has 0 fully saturated rings. The van der Waals surface area contributed by atoms with Gasteiger partial charge in [-0.05, 0) is 24.6 Å². The Kier molecular flexibility index (Phi) is 4.98. The van der Waals surface area contributed by atoms with Crippen molar-refractivity contribution in [3.63, 3.8) is 0 Å². The number of nitrogens with zero attached hydrogens (tertiary/aromatic N) is 1. The summed E-state index contributed by atoms with van der Waals surface area (Å²) in [6.07, 6.45) is 4.01. The van der Waals surface area contributed by atoms with Gasteiger partial charge in [-0.3, -0.25) is 9.59 Å². The molecule has 1 aliphatic heterocycles. The average Bonchev–Trinajstić information content (AvgIpc) is 2.48. The average molecular weight is 288 g/mol. The molecule has 0 spiro atoms. The molecule has 0 aliphatic carbocycles. The maximum Gasteiger partial charge on any atom is 0.265 e. The van der Waals surface area contributed by atoms with Crippen molar-refractivity contribution < 1.29 is 14.3 Å². The van der Waals surface area contributed by atoms with Crippen molar-refractivity contribution in [3.8, 4) is 5.75 Å². The molecule has 0 bridgehead atoms. The largest absolute Gasteiger partial charge is 0.482 e. The fourth-order valence-corrected chi connectivity index (χ4v) is 2.17. The summed E-state index contributed by atoms with van der Waals surface area (Å²) in [6.45, 7) is 6.16. The Hall–Kier alpha value is -2.30. The minimum absolute atomic E-state index is 0.0184. The molecule has 1 N–H and O–H groups in total. The SMILES string of the molecule is C=CCN1C(=O)COc2ccc(NC(=O)CCCC)cc21. The van der Waals surface area contributed by atoms with E-state index in [4.69, 9.17) is 4.74 Å². The number of hydrogen-bond acceptors (Lipinski definition) is 3. The molecule has 2 rings (SSSR count). The third-order valence-electron chi connectivity index (χ3n) is 3.25. The van der Waals surface area contributed by atoms with E-state index < -0.39 is 0 Å². The second-order valence-electron chi connectivity index (χ2n) is 4.92. The molecule has 0 atom stereocenters. The van der Waals surface area contributed by atoms with E-state index in [1.807, 2.05) is 6.92 Å². The van der Waals surface area contributed by atoms with E-state index in [0.717, 1.165) is 12.8 Å². The summed E-state index contributed by atoms with van der Waals surface area (Å²) in [7, 11) is 0. The van der Waals surface area contributed by atoms with Gasteiger partial charge in [-0.15, -0.1) is 6.58 Å². The molecule has 0 saturated heterocycles. The van der Waals surface area contributed by atoms with Crippen molar-refractivity contribution in [1.82, 2.24) is 0 Å². The molecule has 5 heteroatoms. The highest BCUT2D eigenvalue weighted by molar-refractivity contribution is 5.99. The maximum absolute atomic E-state index is 11.9. The van der Waals surface area contributed by atoms with Crippen LogP contribution in [0.2, 0.25) is 0 Å². The van der Waals surface area contributed by atoms with Gasteiger partial charge in [0.25, 0.3) is 5.91 Å². The summed E-state index contributed by atoms with van der Waals surface area (Å²) in [4.78, 5) is 25.3. The second-order valence-corrected chi connectivity index (χ2v) is 4.92. The number of carbonyl (C=O) groups excluding carboxylic acids is 2. The second kappa shape index (κ2) is 6.92. The normalized spacial score (nSPS) is 13.4. The predicted octanol–water partition coefficient (Wildman–Crippen LogP) is 2.73. The lowest BCUT2D eigenvalue weighted by atomic mass is 10.2. The summed E-state index contributed by atoms with van der Waals surface area (Å²) < 4.78 is 5.40.